The number of carbonyl (C=O) groups excluding carboxylic acids is 2. The molecule has 0 atom stereocenters. The molecule has 0 amide bonds. The van der Waals surface area contributed by atoms with E-state index in [1.165, 1.54) is 14.2 Å². The minimum atomic E-state index is -0.589. The van der Waals surface area contributed by atoms with Gasteiger partial charge in [0.1, 0.15) is 28.7 Å². The number of esters is 1. The quantitative estimate of drug-likeness (QED) is 0.304. The van der Waals surface area contributed by atoms with Gasteiger partial charge in [0, 0.05) is 11.6 Å². The Kier molecular flexibility index (Phi) is 6.04. The summed E-state index contributed by atoms with van der Waals surface area (Å²) in [7, 11) is 4.59. The summed E-state index contributed by atoms with van der Waals surface area (Å²) in [6.07, 6.45) is 1.66. The summed E-state index contributed by atoms with van der Waals surface area (Å²) in [4.78, 5) is 25.6. The first kappa shape index (κ1) is 22.0. The molecule has 1 heterocycles. The van der Waals surface area contributed by atoms with Gasteiger partial charge in [-0.15, -0.1) is 0 Å². The van der Waals surface area contributed by atoms with E-state index in [-0.39, 0.29) is 17.1 Å². The Morgan fingerprint density at radius 3 is 2.09 bits per heavy atom. The molecule has 1 aliphatic heterocycles. The minimum Gasteiger partial charge on any atom is -0.497 e. The van der Waals surface area contributed by atoms with Crippen molar-refractivity contribution in [3.05, 3.63) is 82.6 Å². The van der Waals surface area contributed by atoms with Crippen molar-refractivity contribution in [2.24, 2.45) is 0 Å². The maximum atomic E-state index is 12.8. The molecule has 168 valence electrons. The highest BCUT2D eigenvalue weighted by Crippen LogP contribution is 2.39. The van der Waals surface area contributed by atoms with Crippen molar-refractivity contribution in [1.82, 2.24) is 0 Å². The predicted octanol–water partition coefficient (Wildman–Crippen LogP) is 4.86. The van der Waals surface area contributed by atoms with Crippen molar-refractivity contribution in [2.75, 3.05) is 21.3 Å². The first-order chi connectivity index (χ1) is 15.9. The maximum absolute atomic E-state index is 12.8. The molecule has 0 bridgehead atoms. The van der Waals surface area contributed by atoms with Gasteiger partial charge < -0.3 is 23.7 Å². The second-order valence-corrected chi connectivity index (χ2v) is 7.27. The van der Waals surface area contributed by atoms with Crippen LogP contribution < -0.4 is 23.7 Å². The Morgan fingerprint density at radius 1 is 0.848 bits per heavy atom. The van der Waals surface area contributed by atoms with Crippen LogP contribution in [0.1, 0.15) is 31.8 Å². The van der Waals surface area contributed by atoms with Crippen LogP contribution in [0.25, 0.3) is 6.08 Å². The van der Waals surface area contributed by atoms with E-state index in [1.54, 1.807) is 62.6 Å². The smallest absolute Gasteiger partial charge is 0.343 e. The number of allylic oxidation sites excluding steroid dienone is 1. The van der Waals surface area contributed by atoms with Gasteiger partial charge in [-0.1, -0.05) is 12.1 Å². The van der Waals surface area contributed by atoms with E-state index in [2.05, 4.69) is 0 Å². The highest BCUT2D eigenvalue weighted by atomic mass is 16.5. The predicted molar refractivity (Wildman–Crippen MR) is 122 cm³/mol. The number of hydrogen-bond donors (Lipinski definition) is 0. The molecule has 33 heavy (non-hydrogen) atoms. The zero-order chi connectivity index (χ0) is 23.5. The number of ketones is 1. The Labute approximate surface area is 191 Å². The number of hydrogen-bond acceptors (Lipinski definition) is 7. The van der Waals surface area contributed by atoms with Gasteiger partial charge in [0.15, 0.2) is 5.76 Å². The first-order valence-electron chi connectivity index (χ1n) is 10.1. The lowest BCUT2D eigenvalue weighted by molar-refractivity contribution is 0.0732. The van der Waals surface area contributed by atoms with E-state index in [9.17, 15) is 9.59 Å². The van der Waals surface area contributed by atoms with Crippen LogP contribution in [0.5, 0.6) is 28.7 Å². The third kappa shape index (κ3) is 4.39. The van der Waals surface area contributed by atoms with Crippen LogP contribution >= 0.6 is 0 Å². The average molecular weight is 446 g/mol. The molecular weight excluding hydrogens is 424 g/mol. The maximum Gasteiger partial charge on any atom is 0.343 e. The van der Waals surface area contributed by atoms with Crippen molar-refractivity contribution in [3.8, 4) is 28.7 Å². The Bertz CT molecular complexity index is 1230. The van der Waals surface area contributed by atoms with Crippen molar-refractivity contribution >= 4 is 17.8 Å². The molecule has 3 aromatic carbocycles. The zero-order valence-corrected chi connectivity index (χ0v) is 18.6. The number of rotatable bonds is 6. The SMILES string of the molecule is COc1ccc(/C=C2\Oc3c(ccc(OC(=O)c4cc(OC)cc(OC)c4)c3C)C2=O)cc1. The summed E-state index contributed by atoms with van der Waals surface area (Å²) < 4.78 is 27.0. The lowest BCUT2D eigenvalue weighted by Gasteiger charge is -2.11. The Morgan fingerprint density at radius 2 is 1.48 bits per heavy atom. The fourth-order valence-electron chi connectivity index (χ4n) is 3.41. The molecule has 7 heteroatoms. The van der Waals surface area contributed by atoms with Crippen LogP contribution in [-0.2, 0) is 0 Å². The minimum absolute atomic E-state index is 0.194. The monoisotopic (exact) mass is 446 g/mol. The lowest BCUT2D eigenvalue weighted by atomic mass is 10.1. The molecule has 0 unspecified atom stereocenters. The summed E-state index contributed by atoms with van der Waals surface area (Å²) in [5, 5.41) is 0. The van der Waals surface area contributed by atoms with Gasteiger partial charge >= 0.3 is 5.97 Å². The van der Waals surface area contributed by atoms with Crippen molar-refractivity contribution in [3.63, 3.8) is 0 Å². The summed E-state index contributed by atoms with van der Waals surface area (Å²) >= 11 is 0. The molecule has 0 N–H and O–H groups in total. The standard InChI is InChI=1S/C26H22O7/c1-15-22(33-26(28)17-12-19(30-3)14-20(13-17)31-4)10-9-21-24(27)23(32-25(15)21)11-16-5-7-18(29-2)8-6-16/h5-14H,1-4H3/b23-11-. The number of methoxy groups -OCH3 is 3. The van der Waals surface area contributed by atoms with Crippen molar-refractivity contribution < 1.29 is 33.3 Å². The second-order valence-electron chi connectivity index (χ2n) is 7.27. The molecule has 0 radical (unpaired) electrons. The first-order valence-corrected chi connectivity index (χ1v) is 10.1. The van der Waals surface area contributed by atoms with E-state index in [0.29, 0.717) is 34.1 Å². The van der Waals surface area contributed by atoms with Crippen LogP contribution in [-0.4, -0.2) is 33.1 Å². The summed E-state index contributed by atoms with van der Waals surface area (Å²) in [6, 6.07) is 15.2. The molecule has 1 aliphatic rings. The average Bonchev–Trinajstić information content (AvgIpc) is 3.16. The molecule has 0 fully saturated rings. The second kappa shape index (κ2) is 9.08. The number of ether oxygens (including phenoxy) is 5. The van der Waals surface area contributed by atoms with Gasteiger partial charge in [-0.05, 0) is 55.0 Å². The summed E-state index contributed by atoms with van der Waals surface area (Å²) in [5.74, 6) is 1.68. The molecule has 3 aromatic rings. The number of Topliss-reactive ketones (excluding diaryl/α,β-unsaturated/α-hetero) is 1. The molecule has 0 saturated carbocycles. The fraction of sp³-hybridized carbons (Fsp3) is 0.154. The van der Waals surface area contributed by atoms with Gasteiger partial charge in [0.2, 0.25) is 5.78 Å². The Hall–Kier alpha value is -4.26. The molecule has 0 spiro atoms. The van der Waals surface area contributed by atoms with Crippen LogP contribution in [0.2, 0.25) is 0 Å². The molecule has 0 aromatic heterocycles. The van der Waals surface area contributed by atoms with Gasteiger partial charge in [-0.3, -0.25) is 4.79 Å². The summed E-state index contributed by atoms with van der Waals surface area (Å²) in [5.41, 5.74) is 2.02. The topological polar surface area (TPSA) is 80.3 Å². The normalized spacial score (nSPS) is 13.3. The fourth-order valence-corrected chi connectivity index (χ4v) is 3.41. The molecule has 7 nitrogen and oxygen atoms in total. The molecule has 0 aliphatic carbocycles. The van der Waals surface area contributed by atoms with Gasteiger partial charge in [-0.2, -0.15) is 0 Å². The highest BCUT2D eigenvalue weighted by molar-refractivity contribution is 6.15. The van der Waals surface area contributed by atoms with E-state index in [0.717, 1.165) is 11.3 Å². The third-order valence-corrected chi connectivity index (χ3v) is 5.24. The van der Waals surface area contributed by atoms with Crippen LogP contribution in [0.4, 0.5) is 0 Å². The Balaban J connectivity index is 1.59. The van der Waals surface area contributed by atoms with Crippen LogP contribution in [0.15, 0.2) is 60.4 Å². The molecule has 4 rings (SSSR count). The largest absolute Gasteiger partial charge is 0.497 e. The van der Waals surface area contributed by atoms with E-state index < -0.39 is 5.97 Å². The number of carbonyl (C=O) groups is 2. The lowest BCUT2D eigenvalue weighted by Crippen LogP contribution is -2.10. The van der Waals surface area contributed by atoms with Gasteiger partial charge in [0.25, 0.3) is 0 Å². The number of fused-ring (bicyclic) bond motifs is 1. The summed E-state index contributed by atoms with van der Waals surface area (Å²) in [6.45, 7) is 1.73. The molecule has 0 saturated heterocycles. The van der Waals surface area contributed by atoms with E-state index in [4.69, 9.17) is 23.7 Å². The highest BCUT2D eigenvalue weighted by Gasteiger charge is 2.30. The number of benzene rings is 3. The van der Waals surface area contributed by atoms with Crippen molar-refractivity contribution in [1.29, 1.82) is 0 Å². The van der Waals surface area contributed by atoms with E-state index in [1.807, 2.05) is 12.1 Å². The van der Waals surface area contributed by atoms with Gasteiger partial charge in [0.05, 0.1) is 32.5 Å². The van der Waals surface area contributed by atoms with Crippen LogP contribution in [0, 0.1) is 6.92 Å². The third-order valence-electron chi connectivity index (χ3n) is 5.24. The molecular formula is C26H22O7. The zero-order valence-electron chi connectivity index (χ0n) is 18.6. The van der Waals surface area contributed by atoms with Crippen LogP contribution in [0.3, 0.4) is 0 Å². The van der Waals surface area contributed by atoms with Gasteiger partial charge in [-0.25, -0.2) is 4.79 Å². The van der Waals surface area contributed by atoms with E-state index >= 15 is 0 Å². The van der Waals surface area contributed by atoms with Crippen molar-refractivity contribution in [2.45, 2.75) is 6.92 Å².